The first-order chi connectivity index (χ1) is 27.9. The number of unbranched alkanes of at least 4 members (excludes halogenated alkanes) is 5. The molecule has 8 unspecified atom stereocenters. The van der Waals surface area contributed by atoms with E-state index in [0.717, 1.165) is 44.6 Å². The van der Waals surface area contributed by atoms with Crippen LogP contribution >= 0.6 is 0 Å². The molecule has 0 aliphatic heterocycles. The number of rotatable bonds is 20. The van der Waals surface area contributed by atoms with Crippen LogP contribution < -0.4 is 0 Å². The van der Waals surface area contributed by atoms with Crippen molar-refractivity contribution < 1.29 is 93.7 Å². The van der Waals surface area contributed by atoms with Crippen molar-refractivity contribution in [1.29, 1.82) is 0 Å². The minimum absolute atomic E-state index is 0.0239. The van der Waals surface area contributed by atoms with Crippen molar-refractivity contribution in [3.63, 3.8) is 0 Å². The summed E-state index contributed by atoms with van der Waals surface area (Å²) in [5, 5.41) is 0. The van der Waals surface area contributed by atoms with E-state index in [1.165, 1.54) is 6.08 Å². The molecule has 2 fully saturated rings. The maximum absolute atomic E-state index is 14.6. The average Bonchev–Trinajstić information content (AvgIpc) is 3.93. The molecule has 4 nitrogen and oxygen atoms in total. The maximum atomic E-state index is 14.6. The fourth-order valence-corrected chi connectivity index (χ4v) is 8.75. The van der Waals surface area contributed by atoms with Crippen LogP contribution in [-0.2, 0) is 19.1 Å². The number of fused-ring (bicyclic) bond motifs is 2. The van der Waals surface area contributed by atoms with Gasteiger partial charge in [-0.25, -0.2) is 9.59 Å². The Morgan fingerprint density at radius 1 is 0.574 bits per heavy atom. The average molecular weight is 911 g/mol. The summed E-state index contributed by atoms with van der Waals surface area (Å²) < 4.78 is 242. The molecule has 0 aromatic heterocycles. The number of hydrogen-bond donors (Lipinski definition) is 0. The van der Waals surface area contributed by atoms with E-state index >= 15 is 0 Å². The molecule has 0 amide bonds. The molecule has 0 radical (unpaired) electrons. The SMILES string of the molecule is C=CC1CC(/C=C\C2CC(C=C)C3CC(C(=O)OC(F)(F)C(F)(F)C(F)(F)C(F)(F)C(F)(F)C(F)(F)C(F)(F)C(F)(F)F)=CC23)C2CC(C(=O)OCCCCCCCC)=CC12. The Labute approximate surface area is 339 Å². The van der Waals surface area contributed by atoms with Crippen molar-refractivity contribution in [2.24, 2.45) is 47.3 Å². The number of hydrogen-bond acceptors (Lipinski definition) is 4. The number of esters is 2. The standard InChI is InChI=1S/C40H43F17O4/c1-4-7-8-9-10-11-14-60-31(58)25-17-27-21(5-2)15-23(29(27)18-25)12-13-24-16-22(6-3)28-19-26(20-30(24)28)32(59)61-40(56,57)38(51,52)36(47,48)34(43,44)33(41,42)35(45,46)37(49,50)39(53,54)55/h5-6,12-13,17,20-24,27-30H,2-4,7-11,14-16,18-19H2,1H3/b13-12-. The molecule has 0 heterocycles. The molecule has 0 spiro atoms. The van der Waals surface area contributed by atoms with Crippen molar-refractivity contribution in [2.45, 2.75) is 119 Å². The molecule has 0 N–H and O–H groups in total. The fraction of sp³-hybridized carbons (Fsp3) is 0.700. The lowest BCUT2D eigenvalue weighted by Crippen LogP contribution is -2.74. The second-order valence-electron chi connectivity index (χ2n) is 16.0. The third-order valence-electron chi connectivity index (χ3n) is 12.2. The summed E-state index contributed by atoms with van der Waals surface area (Å²) in [6.07, 6.45) is 1.18. The van der Waals surface area contributed by atoms with Crippen LogP contribution in [0.3, 0.4) is 0 Å². The van der Waals surface area contributed by atoms with Gasteiger partial charge in [-0.1, -0.05) is 75.5 Å². The van der Waals surface area contributed by atoms with E-state index in [-0.39, 0.29) is 30.3 Å². The normalized spacial score (nSPS) is 27.8. The van der Waals surface area contributed by atoms with E-state index in [4.69, 9.17) is 4.74 Å². The molecular formula is C40H43F17O4. The number of allylic oxidation sites excluding steroid dienone is 6. The highest BCUT2D eigenvalue weighted by Gasteiger charge is 2.96. The monoisotopic (exact) mass is 910 g/mol. The molecule has 4 aliphatic rings. The van der Waals surface area contributed by atoms with Crippen molar-refractivity contribution in [2.75, 3.05) is 6.61 Å². The van der Waals surface area contributed by atoms with Crippen LogP contribution in [0.5, 0.6) is 0 Å². The van der Waals surface area contributed by atoms with E-state index in [0.29, 0.717) is 24.8 Å². The van der Waals surface area contributed by atoms with Gasteiger partial charge < -0.3 is 9.47 Å². The Hall–Kier alpha value is -3.55. The van der Waals surface area contributed by atoms with Crippen LogP contribution in [0.2, 0.25) is 0 Å². The predicted octanol–water partition coefficient (Wildman–Crippen LogP) is 12.7. The summed E-state index contributed by atoms with van der Waals surface area (Å²) >= 11 is 0. The van der Waals surface area contributed by atoms with Crippen molar-refractivity contribution in [3.05, 3.63) is 60.8 Å². The molecule has 61 heavy (non-hydrogen) atoms. The molecule has 0 saturated heterocycles. The van der Waals surface area contributed by atoms with Gasteiger partial charge >= 0.3 is 59.8 Å². The van der Waals surface area contributed by atoms with Crippen LogP contribution in [-0.4, -0.2) is 66.4 Å². The van der Waals surface area contributed by atoms with E-state index in [9.17, 15) is 84.2 Å². The summed E-state index contributed by atoms with van der Waals surface area (Å²) in [5.41, 5.74) is -0.400. The van der Waals surface area contributed by atoms with E-state index in [1.54, 1.807) is 12.2 Å². The van der Waals surface area contributed by atoms with Gasteiger partial charge in [0.25, 0.3) is 0 Å². The maximum Gasteiger partial charge on any atom is 0.473 e. The number of alkyl halides is 17. The third-order valence-corrected chi connectivity index (χ3v) is 12.2. The first kappa shape index (κ1) is 50.1. The number of halogens is 17. The lowest BCUT2D eigenvalue weighted by atomic mass is 9.86. The van der Waals surface area contributed by atoms with Crippen LogP contribution in [0.4, 0.5) is 74.6 Å². The Kier molecular flexibility index (Phi) is 14.4. The lowest BCUT2D eigenvalue weighted by Gasteiger charge is -2.42. The van der Waals surface area contributed by atoms with Crippen LogP contribution in [0, 0.1) is 47.3 Å². The van der Waals surface area contributed by atoms with Gasteiger partial charge in [0.2, 0.25) is 0 Å². The van der Waals surface area contributed by atoms with Crippen LogP contribution in [0.25, 0.3) is 0 Å². The zero-order valence-electron chi connectivity index (χ0n) is 32.3. The lowest BCUT2D eigenvalue weighted by molar-refractivity contribution is -0.473. The molecule has 4 aliphatic carbocycles. The van der Waals surface area contributed by atoms with Crippen LogP contribution in [0.1, 0.15) is 71.1 Å². The summed E-state index contributed by atoms with van der Waals surface area (Å²) in [6.45, 7) is 9.92. The summed E-state index contributed by atoms with van der Waals surface area (Å²) in [5.74, 6) is -56.9. The Morgan fingerprint density at radius 2 is 1.00 bits per heavy atom. The molecular weight excluding hydrogens is 867 g/mol. The molecule has 8 atom stereocenters. The largest absolute Gasteiger partial charge is 0.473 e. The smallest absolute Gasteiger partial charge is 0.462 e. The van der Waals surface area contributed by atoms with Gasteiger partial charge in [-0.2, -0.15) is 74.6 Å². The molecule has 2 saturated carbocycles. The molecule has 0 bridgehead atoms. The minimum Gasteiger partial charge on any atom is -0.462 e. The second-order valence-corrected chi connectivity index (χ2v) is 16.0. The molecule has 0 aromatic rings. The predicted molar refractivity (Wildman–Crippen MR) is 183 cm³/mol. The summed E-state index contributed by atoms with van der Waals surface area (Å²) in [6, 6.07) is 0. The second kappa shape index (κ2) is 17.5. The van der Waals surface area contributed by atoms with E-state index in [1.807, 2.05) is 12.2 Å². The molecule has 346 valence electrons. The van der Waals surface area contributed by atoms with Gasteiger partial charge in [0.05, 0.1) is 6.61 Å². The molecule has 4 rings (SSSR count). The van der Waals surface area contributed by atoms with E-state index in [2.05, 4.69) is 24.8 Å². The first-order valence-electron chi connectivity index (χ1n) is 19.4. The third kappa shape index (κ3) is 8.73. The first-order valence-corrected chi connectivity index (χ1v) is 19.4. The molecule has 0 aromatic carbocycles. The topological polar surface area (TPSA) is 52.6 Å². The number of ether oxygens (including phenoxy) is 2. The Bertz CT molecular complexity index is 1730. The van der Waals surface area contributed by atoms with Crippen molar-refractivity contribution in [3.8, 4) is 0 Å². The van der Waals surface area contributed by atoms with Gasteiger partial charge in [-0.3, -0.25) is 0 Å². The molecule has 21 heteroatoms. The van der Waals surface area contributed by atoms with Crippen molar-refractivity contribution in [1.82, 2.24) is 0 Å². The Morgan fingerprint density at radius 3 is 1.52 bits per heavy atom. The summed E-state index contributed by atoms with van der Waals surface area (Å²) in [4.78, 5) is 25.5. The fourth-order valence-electron chi connectivity index (χ4n) is 8.75. The highest BCUT2D eigenvalue weighted by atomic mass is 19.4. The van der Waals surface area contributed by atoms with Crippen molar-refractivity contribution >= 4 is 11.9 Å². The van der Waals surface area contributed by atoms with Gasteiger partial charge in [-0.05, 0) is 79.4 Å². The minimum atomic E-state index is -8.79. The number of carbonyl (C=O) groups excluding carboxylic acids is 2. The highest BCUT2D eigenvalue weighted by molar-refractivity contribution is 5.90. The zero-order valence-corrected chi connectivity index (χ0v) is 32.3. The highest BCUT2D eigenvalue weighted by Crippen LogP contribution is 2.64. The van der Waals surface area contributed by atoms with E-state index < -0.39 is 95.4 Å². The number of carbonyl (C=O) groups is 2. The van der Waals surface area contributed by atoms with Gasteiger partial charge in [0.1, 0.15) is 0 Å². The van der Waals surface area contributed by atoms with Gasteiger partial charge in [0.15, 0.2) is 0 Å². The summed E-state index contributed by atoms with van der Waals surface area (Å²) in [7, 11) is 0. The quantitative estimate of drug-likeness (QED) is 0.0529. The van der Waals surface area contributed by atoms with Crippen LogP contribution in [0.15, 0.2) is 60.8 Å². The zero-order chi connectivity index (χ0) is 46.4. The van der Waals surface area contributed by atoms with Gasteiger partial charge in [-0.15, -0.1) is 13.2 Å². The Balaban J connectivity index is 1.47. The van der Waals surface area contributed by atoms with Gasteiger partial charge in [0, 0.05) is 11.1 Å².